The van der Waals surface area contributed by atoms with Gasteiger partial charge < -0.3 is 14.2 Å². The van der Waals surface area contributed by atoms with Gasteiger partial charge in [-0.15, -0.1) is 0 Å². The average Bonchev–Trinajstić information content (AvgIpc) is 3.32. The number of carbonyl (C=O) groups excluding carboxylic acids is 1. The molecule has 0 aliphatic carbocycles. The molecule has 0 aliphatic rings. The number of H-pyrrole nitrogens is 1. The molecule has 0 fully saturated rings. The molecule has 28 heavy (non-hydrogen) atoms. The number of aromatic nitrogens is 3. The highest BCUT2D eigenvalue weighted by Gasteiger charge is 2.13. The van der Waals surface area contributed by atoms with Crippen LogP contribution in [0.2, 0.25) is 0 Å². The van der Waals surface area contributed by atoms with Crippen molar-refractivity contribution in [2.24, 2.45) is 0 Å². The smallest absolute Gasteiger partial charge is 0.330 e. The summed E-state index contributed by atoms with van der Waals surface area (Å²) in [5.74, 6) is 0.165. The van der Waals surface area contributed by atoms with Crippen molar-refractivity contribution in [1.82, 2.24) is 14.5 Å². The molecule has 0 aliphatic heterocycles. The first-order valence-corrected chi connectivity index (χ1v) is 9.22. The molecular weight excluding hydrogens is 384 g/mol. The third-order valence-corrected chi connectivity index (χ3v) is 4.62. The van der Waals surface area contributed by atoms with E-state index in [0.29, 0.717) is 22.1 Å². The van der Waals surface area contributed by atoms with Gasteiger partial charge in [0.1, 0.15) is 17.1 Å². The van der Waals surface area contributed by atoms with Crippen molar-refractivity contribution >= 4 is 34.6 Å². The van der Waals surface area contributed by atoms with Crippen LogP contribution in [0, 0.1) is 0 Å². The molecule has 0 radical (unpaired) electrons. The summed E-state index contributed by atoms with van der Waals surface area (Å²) in [7, 11) is 0. The molecule has 0 saturated heterocycles. The van der Waals surface area contributed by atoms with Crippen molar-refractivity contribution in [3.8, 4) is 0 Å². The SMILES string of the molecule is O=C(CSc1nc2ccccc2o1)Nc1cc(=O)[nH]c(=O)n1Cc1ccco1. The number of aromatic amines is 1. The first-order chi connectivity index (χ1) is 13.6. The minimum absolute atomic E-state index is 0.00539. The van der Waals surface area contributed by atoms with Gasteiger partial charge in [-0.1, -0.05) is 23.9 Å². The van der Waals surface area contributed by atoms with Crippen LogP contribution in [-0.2, 0) is 11.3 Å². The van der Waals surface area contributed by atoms with E-state index in [2.05, 4.69) is 15.3 Å². The Hall–Kier alpha value is -3.53. The van der Waals surface area contributed by atoms with Crippen molar-refractivity contribution in [2.75, 3.05) is 11.1 Å². The number of carbonyl (C=O) groups is 1. The lowest BCUT2D eigenvalue weighted by molar-refractivity contribution is -0.113. The topological polar surface area (TPSA) is 123 Å². The van der Waals surface area contributed by atoms with E-state index in [1.54, 1.807) is 18.2 Å². The van der Waals surface area contributed by atoms with E-state index in [1.165, 1.54) is 10.8 Å². The van der Waals surface area contributed by atoms with Gasteiger partial charge >= 0.3 is 5.69 Å². The number of benzene rings is 1. The van der Waals surface area contributed by atoms with Crippen molar-refractivity contribution in [3.05, 3.63) is 75.3 Å². The molecule has 4 rings (SSSR count). The second-order valence-electron chi connectivity index (χ2n) is 5.77. The lowest BCUT2D eigenvalue weighted by atomic mass is 10.3. The first kappa shape index (κ1) is 17.9. The highest BCUT2D eigenvalue weighted by atomic mass is 32.2. The lowest BCUT2D eigenvalue weighted by Crippen LogP contribution is -2.33. The first-order valence-electron chi connectivity index (χ1n) is 8.23. The summed E-state index contributed by atoms with van der Waals surface area (Å²) in [4.78, 5) is 42.6. The summed E-state index contributed by atoms with van der Waals surface area (Å²) >= 11 is 1.11. The lowest BCUT2D eigenvalue weighted by Gasteiger charge is -2.11. The molecule has 0 spiro atoms. The van der Waals surface area contributed by atoms with Gasteiger partial charge in [-0.2, -0.15) is 0 Å². The average molecular weight is 398 g/mol. The second-order valence-corrected chi connectivity index (χ2v) is 6.70. The fourth-order valence-corrected chi connectivity index (χ4v) is 3.20. The van der Waals surface area contributed by atoms with Gasteiger partial charge in [0.15, 0.2) is 5.58 Å². The minimum Gasteiger partial charge on any atom is -0.467 e. The number of fused-ring (bicyclic) bond motifs is 1. The van der Waals surface area contributed by atoms with Gasteiger partial charge in [0.25, 0.3) is 10.8 Å². The Balaban J connectivity index is 1.49. The number of hydrogen-bond acceptors (Lipinski definition) is 7. The van der Waals surface area contributed by atoms with E-state index in [0.717, 1.165) is 17.8 Å². The van der Waals surface area contributed by atoms with Crippen LogP contribution < -0.4 is 16.6 Å². The van der Waals surface area contributed by atoms with Gasteiger partial charge in [0.2, 0.25) is 5.91 Å². The fourth-order valence-electron chi connectivity index (χ4n) is 2.56. The highest BCUT2D eigenvalue weighted by molar-refractivity contribution is 7.99. The summed E-state index contributed by atoms with van der Waals surface area (Å²) < 4.78 is 12.0. The van der Waals surface area contributed by atoms with Crippen LogP contribution in [0.25, 0.3) is 11.1 Å². The summed E-state index contributed by atoms with van der Waals surface area (Å²) in [6, 6.07) is 11.8. The van der Waals surface area contributed by atoms with Crippen molar-refractivity contribution < 1.29 is 13.6 Å². The predicted octanol–water partition coefficient (Wildman–Crippen LogP) is 2.05. The number of nitrogens with one attached hydrogen (secondary N) is 2. The van der Waals surface area contributed by atoms with Gasteiger partial charge in [-0.25, -0.2) is 9.78 Å². The number of para-hydroxylation sites is 2. The Morgan fingerprint density at radius 2 is 2.07 bits per heavy atom. The molecule has 0 atom stereocenters. The maximum Gasteiger partial charge on any atom is 0.330 e. The molecule has 1 aromatic carbocycles. The number of rotatable bonds is 6. The molecule has 2 N–H and O–H groups in total. The zero-order chi connectivity index (χ0) is 19.5. The number of hydrogen-bond donors (Lipinski definition) is 2. The monoisotopic (exact) mass is 398 g/mol. The number of nitrogens with zero attached hydrogens (tertiary/aromatic N) is 2. The minimum atomic E-state index is -0.647. The number of amides is 1. The molecule has 0 bridgehead atoms. The van der Waals surface area contributed by atoms with Crippen LogP contribution in [0.4, 0.5) is 5.82 Å². The molecule has 142 valence electrons. The quantitative estimate of drug-likeness (QED) is 0.477. The highest BCUT2D eigenvalue weighted by Crippen LogP contribution is 2.23. The van der Waals surface area contributed by atoms with Gasteiger partial charge in [-0.3, -0.25) is 19.1 Å². The number of oxazole rings is 1. The van der Waals surface area contributed by atoms with Gasteiger partial charge in [0, 0.05) is 6.07 Å². The Morgan fingerprint density at radius 3 is 2.86 bits per heavy atom. The van der Waals surface area contributed by atoms with E-state index in [9.17, 15) is 14.4 Å². The van der Waals surface area contributed by atoms with Crippen LogP contribution in [-0.4, -0.2) is 26.2 Å². The maximum atomic E-state index is 12.3. The third kappa shape index (κ3) is 3.91. The number of furan rings is 1. The molecule has 1 amide bonds. The Bertz CT molecular complexity index is 1210. The Labute approximate surface area is 161 Å². The zero-order valence-corrected chi connectivity index (χ0v) is 15.2. The van der Waals surface area contributed by atoms with Crippen LogP contribution in [0.3, 0.4) is 0 Å². The fraction of sp³-hybridized carbons (Fsp3) is 0.111. The molecule has 0 unspecified atom stereocenters. The molecule has 4 aromatic rings. The second kappa shape index (κ2) is 7.61. The Morgan fingerprint density at radius 1 is 1.21 bits per heavy atom. The van der Waals surface area contributed by atoms with E-state index < -0.39 is 17.2 Å². The third-order valence-electron chi connectivity index (χ3n) is 3.80. The van der Waals surface area contributed by atoms with Crippen molar-refractivity contribution in [1.29, 1.82) is 0 Å². The van der Waals surface area contributed by atoms with Crippen LogP contribution in [0.15, 0.2) is 72.4 Å². The van der Waals surface area contributed by atoms with E-state index in [4.69, 9.17) is 8.83 Å². The largest absolute Gasteiger partial charge is 0.467 e. The number of anilines is 1. The standard InChI is InChI=1S/C18H14N4O5S/c23-15-8-14(22(17(25)21-15)9-11-4-3-7-26-11)20-16(24)10-28-18-19-12-5-1-2-6-13(12)27-18/h1-8H,9-10H2,(H,20,24)(H,21,23,25). The van der Waals surface area contributed by atoms with Crippen molar-refractivity contribution in [2.45, 2.75) is 11.8 Å². The van der Waals surface area contributed by atoms with Crippen molar-refractivity contribution in [3.63, 3.8) is 0 Å². The zero-order valence-electron chi connectivity index (χ0n) is 14.4. The summed E-state index contributed by atoms with van der Waals surface area (Å²) in [5, 5.41) is 2.94. The van der Waals surface area contributed by atoms with E-state index in [1.807, 2.05) is 18.2 Å². The van der Waals surface area contributed by atoms with Gasteiger partial charge in [0.05, 0.1) is 18.6 Å². The molecule has 9 nitrogen and oxygen atoms in total. The molecule has 10 heteroatoms. The summed E-state index contributed by atoms with van der Waals surface area (Å²) in [6.07, 6.45) is 1.47. The van der Waals surface area contributed by atoms with Crippen LogP contribution in [0.1, 0.15) is 5.76 Å². The summed E-state index contributed by atoms with van der Waals surface area (Å²) in [5.41, 5.74) is 0.0768. The van der Waals surface area contributed by atoms with Crippen LogP contribution >= 0.6 is 11.8 Å². The van der Waals surface area contributed by atoms with Gasteiger partial charge in [-0.05, 0) is 24.3 Å². The maximum absolute atomic E-state index is 12.3. The molecule has 3 aromatic heterocycles. The Kier molecular flexibility index (Phi) is 4.85. The molecular formula is C18H14N4O5S. The molecule has 0 saturated carbocycles. The normalized spacial score (nSPS) is 11.0. The van der Waals surface area contributed by atoms with E-state index in [-0.39, 0.29) is 18.1 Å². The number of thioether (sulfide) groups is 1. The predicted molar refractivity (Wildman–Crippen MR) is 102 cm³/mol. The van der Waals surface area contributed by atoms with E-state index >= 15 is 0 Å². The summed E-state index contributed by atoms with van der Waals surface area (Å²) in [6.45, 7) is 0.0660. The van der Waals surface area contributed by atoms with Crippen LogP contribution in [0.5, 0.6) is 0 Å². The molecule has 3 heterocycles.